The van der Waals surface area contributed by atoms with E-state index in [4.69, 9.17) is 4.74 Å². The van der Waals surface area contributed by atoms with E-state index in [2.05, 4.69) is 50.2 Å². The van der Waals surface area contributed by atoms with Gasteiger partial charge in [-0.1, -0.05) is 29.8 Å². The van der Waals surface area contributed by atoms with Gasteiger partial charge >= 0.3 is 0 Å². The number of ether oxygens (including phenoxy) is 1. The Morgan fingerprint density at radius 3 is 2.78 bits per heavy atom. The normalized spacial score (nSPS) is 13.9. The largest absolute Gasteiger partial charge is 0.493 e. The van der Waals surface area contributed by atoms with Gasteiger partial charge < -0.3 is 4.74 Å². The van der Waals surface area contributed by atoms with Crippen molar-refractivity contribution in [1.29, 1.82) is 0 Å². The molecule has 0 radical (unpaired) electrons. The second kappa shape index (κ2) is 4.49. The van der Waals surface area contributed by atoms with E-state index >= 15 is 0 Å². The van der Waals surface area contributed by atoms with E-state index in [1.54, 1.807) is 0 Å². The third-order valence-corrected chi connectivity index (χ3v) is 3.61. The van der Waals surface area contributed by atoms with Crippen LogP contribution >= 0.6 is 0 Å². The zero-order valence-corrected chi connectivity index (χ0v) is 11.0. The quantitative estimate of drug-likeness (QED) is 0.720. The van der Waals surface area contributed by atoms with Crippen LogP contribution in [0.15, 0.2) is 36.4 Å². The number of benzene rings is 2. The predicted octanol–water partition coefficient (Wildman–Crippen LogP) is 4.30. The molecule has 2 aromatic rings. The highest BCUT2D eigenvalue weighted by Crippen LogP contribution is 2.31. The summed E-state index contributed by atoms with van der Waals surface area (Å²) in [7, 11) is 0. The molecule has 92 valence electrons. The minimum absolute atomic E-state index is 0.857. The fraction of sp³-hybridized carbons (Fsp3) is 0.294. The van der Waals surface area contributed by atoms with Gasteiger partial charge in [0.25, 0.3) is 0 Å². The molecule has 2 aromatic carbocycles. The average molecular weight is 238 g/mol. The summed E-state index contributed by atoms with van der Waals surface area (Å²) in [5, 5.41) is 0. The minimum Gasteiger partial charge on any atom is -0.493 e. The molecule has 3 rings (SSSR count). The van der Waals surface area contributed by atoms with Gasteiger partial charge in [-0.3, -0.25) is 0 Å². The van der Waals surface area contributed by atoms with E-state index in [9.17, 15) is 0 Å². The molecule has 18 heavy (non-hydrogen) atoms. The predicted molar refractivity (Wildman–Crippen MR) is 75.2 cm³/mol. The van der Waals surface area contributed by atoms with Crippen LogP contribution in [-0.2, 0) is 6.42 Å². The summed E-state index contributed by atoms with van der Waals surface area (Å²) < 4.78 is 5.67. The first-order valence-corrected chi connectivity index (χ1v) is 6.57. The van der Waals surface area contributed by atoms with Gasteiger partial charge in [-0.05, 0) is 61.1 Å². The van der Waals surface area contributed by atoms with Crippen LogP contribution in [0.2, 0.25) is 0 Å². The van der Waals surface area contributed by atoms with E-state index in [1.165, 1.54) is 27.8 Å². The Morgan fingerprint density at radius 2 is 1.89 bits per heavy atom. The van der Waals surface area contributed by atoms with Crippen molar-refractivity contribution in [1.82, 2.24) is 0 Å². The lowest BCUT2D eigenvalue weighted by molar-refractivity contribution is 0.288. The van der Waals surface area contributed by atoms with Crippen molar-refractivity contribution >= 4 is 0 Å². The molecule has 0 amide bonds. The zero-order chi connectivity index (χ0) is 12.5. The molecule has 0 N–H and O–H groups in total. The topological polar surface area (TPSA) is 9.23 Å². The molecule has 1 aliphatic rings. The molecule has 1 aliphatic heterocycles. The third-order valence-electron chi connectivity index (χ3n) is 3.61. The van der Waals surface area contributed by atoms with E-state index in [1.807, 2.05) is 0 Å². The molecule has 1 heterocycles. The standard InChI is InChI=1S/C17H18O/c1-12-5-6-13(2)16(10-12)14-7-8-17-15(11-14)4-3-9-18-17/h5-8,10-11H,3-4,9H2,1-2H3. The maximum Gasteiger partial charge on any atom is 0.122 e. The maximum absolute atomic E-state index is 5.67. The summed E-state index contributed by atoms with van der Waals surface area (Å²) in [4.78, 5) is 0. The van der Waals surface area contributed by atoms with E-state index in [-0.39, 0.29) is 0 Å². The second-order valence-corrected chi connectivity index (χ2v) is 5.09. The Hall–Kier alpha value is -1.76. The first-order chi connectivity index (χ1) is 8.74. The maximum atomic E-state index is 5.67. The first kappa shape index (κ1) is 11.3. The molecule has 0 aliphatic carbocycles. The Balaban J connectivity index is 2.09. The molecule has 0 saturated heterocycles. The molecule has 0 bridgehead atoms. The molecule has 0 unspecified atom stereocenters. The lowest BCUT2D eigenvalue weighted by atomic mass is 9.95. The molecule has 0 atom stereocenters. The van der Waals surface area contributed by atoms with Crippen molar-refractivity contribution < 1.29 is 4.74 Å². The highest BCUT2D eigenvalue weighted by atomic mass is 16.5. The fourth-order valence-electron chi connectivity index (χ4n) is 2.57. The average Bonchev–Trinajstić information content (AvgIpc) is 2.41. The van der Waals surface area contributed by atoms with Gasteiger partial charge in [-0.25, -0.2) is 0 Å². The number of aryl methyl sites for hydroxylation is 3. The van der Waals surface area contributed by atoms with Crippen molar-refractivity contribution in [2.75, 3.05) is 6.61 Å². The molecular weight excluding hydrogens is 220 g/mol. The number of hydrogen-bond donors (Lipinski definition) is 0. The molecule has 1 nitrogen and oxygen atoms in total. The van der Waals surface area contributed by atoms with E-state index in [0.29, 0.717) is 0 Å². The van der Waals surface area contributed by atoms with Gasteiger partial charge in [0, 0.05) is 0 Å². The van der Waals surface area contributed by atoms with Crippen molar-refractivity contribution in [3.8, 4) is 16.9 Å². The van der Waals surface area contributed by atoms with Crippen LogP contribution in [0.4, 0.5) is 0 Å². The Bertz CT molecular complexity index is 584. The fourth-order valence-corrected chi connectivity index (χ4v) is 2.57. The SMILES string of the molecule is Cc1ccc(C)c(-c2ccc3c(c2)CCCO3)c1. The van der Waals surface area contributed by atoms with Crippen LogP contribution in [0.3, 0.4) is 0 Å². The van der Waals surface area contributed by atoms with Crippen LogP contribution < -0.4 is 4.74 Å². The van der Waals surface area contributed by atoms with Crippen LogP contribution in [-0.4, -0.2) is 6.61 Å². The van der Waals surface area contributed by atoms with Crippen LogP contribution in [0, 0.1) is 13.8 Å². The van der Waals surface area contributed by atoms with Gasteiger partial charge in [0.1, 0.15) is 5.75 Å². The molecule has 0 fully saturated rings. The summed E-state index contributed by atoms with van der Waals surface area (Å²) in [6.45, 7) is 5.17. The van der Waals surface area contributed by atoms with Crippen molar-refractivity contribution in [3.05, 3.63) is 53.1 Å². The van der Waals surface area contributed by atoms with E-state index < -0.39 is 0 Å². The highest BCUT2D eigenvalue weighted by Gasteiger charge is 2.12. The van der Waals surface area contributed by atoms with Crippen LogP contribution in [0.1, 0.15) is 23.1 Å². The summed E-state index contributed by atoms with van der Waals surface area (Å²) in [5.41, 5.74) is 6.63. The Labute approximate surface area is 108 Å². The summed E-state index contributed by atoms with van der Waals surface area (Å²) in [6, 6.07) is 13.2. The second-order valence-electron chi connectivity index (χ2n) is 5.09. The first-order valence-electron chi connectivity index (χ1n) is 6.57. The van der Waals surface area contributed by atoms with Gasteiger partial charge in [-0.15, -0.1) is 0 Å². The van der Waals surface area contributed by atoms with Gasteiger partial charge in [0.05, 0.1) is 6.61 Å². The number of fused-ring (bicyclic) bond motifs is 1. The lowest BCUT2D eigenvalue weighted by Crippen LogP contribution is -2.08. The van der Waals surface area contributed by atoms with Gasteiger partial charge in [0.2, 0.25) is 0 Å². The summed E-state index contributed by atoms with van der Waals surface area (Å²) in [5.74, 6) is 1.07. The lowest BCUT2D eigenvalue weighted by Gasteiger charge is -2.18. The van der Waals surface area contributed by atoms with Crippen molar-refractivity contribution in [2.24, 2.45) is 0 Å². The van der Waals surface area contributed by atoms with Crippen LogP contribution in [0.25, 0.3) is 11.1 Å². The van der Waals surface area contributed by atoms with Gasteiger partial charge in [-0.2, -0.15) is 0 Å². The van der Waals surface area contributed by atoms with Gasteiger partial charge in [0.15, 0.2) is 0 Å². The Kier molecular flexibility index (Phi) is 2.83. The summed E-state index contributed by atoms with van der Waals surface area (Å²) >= 11 is 0. The molecule has 0 aromatic heterocycles. The van der Waals surface area contributed by atoms with Crippen molar-refractivity contribution in [3.63, 3.8) is 0 Å². The van der Waals surface area contributed by atoms with Crippen LogP contribution in [0.5, 0.6) is 5.75 Å². The molecule has 1 heteroatoms. The molecule has 0 saturated carbocycles. The highest BCUT2D eigenvalue weighted by molar-refractivity contribution is 5.69. The smallest absolute Gasteiger partial charge is 0.122 e. The minimum atomic E-state index is 0.857. The number of hydrogen-bond acceptors (Lipinski definition) is 1. The Morgan fingerprint density at radius 1 is 1.00 bits per heavy atom. The van der Waals surface area contributed by atoms with E-state index in [0.717, 1.165) is 25.2 Å². The monoisotopic (exact) mass is 238 g/mol. The summed E-state index contributed by atoms with van der Waals surface area (Å²) in [6.07, 6.45) is 2.26. The number of rotatable bonds is 1. The van der Waals surface area contributed by atoms with Crippen molar-refractivity contribution in [2.45, 2.75) is 26.7 Å². The third kappa shape index (κ3) is 2.01. The molecule has 0 spiro atoms. The zero-order valence-electron chi connectivity index (χ0n) is 11.0. The molecular formula is C17H18O.